The Morgan fingerprint density at radius 1 is 0.317 bits per heavy atom. The van der Waals surface area contributed by atoms with Crippen molar-refractivity contribution in [2.24, 2.45) is 34.4 Å². The number of anilines is 9. The van der Waals surface area contributed by atoms with Crippen molar-refractivity contribution in [3.05, 3.63) is 173 Å². The van der Waals surface area contributed by atoms with Crippen LogP contribution in [0.25, 0.3) is 0 Å². The zero-order chi connectivity index (χ0) is 44.9. The number of benzene rings is 3. The fraction of sp³-hybridized carbons (Fsp3) is 0. The van der Waals surface area contributed by atoms with E-state index in [4.69, 9.17) is 39.4 Å². The van der Waals surface area contributed by atoms with Crippen LogP contribution in [0.3, 0.4) is 0 Å². The molecule has 6 amide bonds. The summed E-state index contributed by atoms with van der Waals surface area (Å²) in [6, 6.07) is 30.3. The minimum Gasteiger partial charge on any atom is -0.366 e. The highest BCUT2D eigenvalue weighted by molar-refractivity contribution is 5.99. The van der Waals surface area contributed by atoms with Gasteiger partial charge >= 0.3 is 0 Å². The third kappa shape index (κ3) is 8.91. The van der Waals surface area contributed by atoms with Gasteiger partial charge in [0, 0.05) is 81.2 Å². The summed E-state index contributed by atoms with van der Waals surface area (Å²) in [4.78, 5) is 98.7. The van der Waals surface area contributed by atoms with E-state index in [0.29, 0.717) is 5.69 Å². The van der Waals surface area contributed by atoms with Gasteiger partial charge in [-0.05, 0) is 91.0 Å². The molecule has 7 aromatic rings. The molecule has 0 aliphatic carbocycles. The van der Waals surface area contributed by atoms with Gasteiger partial charge in [0.1, 0.15) is 29.1 Å². The smallest absolute Gasteiger partial charge is 0.248 e. The summed E-state index contributed by atoms with van der Waals surface area (Å²) in [7, 11) is 0. The first kappa shape index (κ1) is 41.6. The van der Waals surface area contributed by atoms with Crippen LogP contribution in [0.5, 0.6) is 0 Å². The molecule has 0 atom stereocenters. The van der Waals surface area contributed by atoms with Crippen LogP contribution in [0.2, 0.25) is 0 Å². The van der Waals surface area contributed by atoms with Crippen LogP contribution >= 0.6 is 0 Å². The van der Waals surface area contributed by atoms with E-state index < -0.39 is 35.4 Å². The molecule has 0 fully saturated rings. The normalized spacial score (nSPS) is 10.7. The second-order valence-electron chi connectivity index (χ2n) is 13.6. The zero-order valence-electron chi connectivity index (χ0n) is 32.8. The van der Waals surface area contributed by atoms with Crippen molar-refractivity contribution in [1.29, 1.82) is 0 Å². The predicted octanol–water partition coefficient (Wildman–Crippen LogP) is 4.27. The summed E-state index contributed by atoms with van der Waals surface area (Å²) in [5.41, 5.74) is 36.0. The summed E-state index contributed by atoms with van der Waals surface area (Å²) >= 11 is 0. The molecule has 19 heteroatoms. The molecule has 19 nitrogen and oxygen atoms in total. The second kappa shape index (κ2) is 17.4. The predicted molar refractivity (Wildman–Crippen MR) is 233 cm³/mol. The molecule has 0 aliphatic rings. The molecule has 4 aromatic heterocycles. The van der Waals surface area contributed by atoms with Gasteiger partial charge < -0.3 is 34.4 Å². The van der Waals surface area contributed by atoms with Gasteiger partial charge in [-0.25, -0.2) is 19.9 Å². The minimum absolute atomic E-state index is 0.0439. The Hall–Kier alpha value is -9.52. The molecule has 0 saturated carbocycles. The fourth-order valence-corrected chi connectivity index (χ4v) is 6.50. The standard InChI is InChI=1S/C44H35N13O6/c45-39(58)24-4-1-7-30(16-24)55(34-19-27(42(48)61)10-13-51-34)33-22-37(56(31-8-2-5-25(17-31)40(46)59)35-20-28(43(49)62)11-14-52-35)54-38(23-33)57(32-9-3-6-26(18-32)41(47)60)36-21-29(44(50)63)12-15-53-36/h1-23H,(H2,45,58)(H2,46,59)(H2,47,60)(H2,48,61)(H2,49,62)(H2,50,63). The Kier molecular flexibility index (Phi) is 11.5. The largest absolute Gasteiger partial charge is 0.366 e. The number of primary amides is 6. The number of pyridine rings is 4. The van der Waals surface area contributed by atoms with Crippen molar-refractivity contribution in [3.63, 3.8) is 0 Å². The van der Waals surface area contributed by atoms with E-state index in [-0.39, 0.29) is 79.5 Å². The average molecular weight is 842 g/mol. The van der Waals surface area contributed by atoms with E-state index in [1.807, 2.05) is 0 Å². The van der Waals surface area contributed by atoms with Gasteiger partial charge in [0.05, 0.1) is 5.69 Å². The molecular formula is C44H35N13O6. The molecule has 0 radical (unpaired) electrons. The first-order valence-corrected chi connectivity index (χ1v) is 18.6. The van der Waals surface area contributed by atoms with E-state index in [1.54, 1.807) is 53.4 Å². The Labute approximate surface area is 357 Å². The molecule has 0 unspecified atom stereocenters. The fourth-order valence-electron chi connectivity index (χ4n) is 6.50. The first-order chi connectivity index (χ1) is 30.2. The Morgan fingerprint density at radius 3 is 0.921 bits per heavy atom. The van der Waals surface area contributed by atoms with Gasteiger partial charge in [-0.2, -0.15) is 0 Å². The van der Waals surface area contributed by atoms with Crippen LogP contribution in [-0.2, 0) is 0 Å². The molecule has 4 heterocycles. The van der Waals surface area contributed by atoms with Crippen LogP contribution < -0.4 is 49.1 Å². The molecule has 7 rings (SSSR count). The molecule has 63 heavy (non-hydrogen) atoms. The Morgan fingerprint density at radius 2 is 0.603 bits per heavy atom. The van der Waals surface area contributed by atoms with Crippen molar-refractivity contribution < 1.29 is 28.8 Å². The van der Waals surface area contributed by atoms with E-state index in [2.05, 4.69) is 15.0 Å². The third-order valence-electron chi connectivity index (χ3n) is 9.44. The van der Waals surface area contributed by atoms with Crippen LogP contribution in [0.1, 0.15) is 62.1 Å². The van der Waals surface area contributed by atoms with Crippen molar-refractivity contribution in [2.75, 3.05) is 14.7 Å². The Bertz CT molecular complexity index is 2500. The summed E-state index contributed by atoms with van der Waals surface area (Å²) in [6.07, 6.45) is 4.07. The SMILES string of the molecule is NC(=O)c1cccc(N(c2cc(N(c3cccc(C(N)=O)c3)c3cc(C(N)=O)ccn3)nc(N(c3cccc(C(N)=O)c3)c3cc(C(N)=O)ccn3)c2)c2cc(C(N)=O)ccn2)c1. The lowest BCUT2D eigenvalue weighted by atomic mass is 10.1. The molecule has 3 aromatic carbocycles. The maximum absolute atomic E-state index is 12.6. The molecule has 0 spiro atoms. The maximum Gasteiger partial charge on any atom is 0.248 e. The van der Waals surface area contributed by atoms with Crippen molar-refractivity contribution in [1.82, 2.24) is 19.9 Å². The number of hydrogen-bond donors (Lipinski definition) is 6. The molecule has 312 valence electrons. The Balaban J connectivity index is 1.64. The average Bonchev–Trinajstić information content (AvgIpc) is 3.27. The number of hydrogen-bond acceptors (Lipinski definition) is 13. The molecule has 0 saturated heterocycles. The van der Waals surface area contributed by atoms with E-state index >= 15 is 0 Å². The van der Waals surface area contributed by atoms with Gasteiger partial charge in [0.15, 0.2) is 0 Å². The highest BCUT2D eigenvalue weighted by atomic mass is 16.2. The maximum atomic E-state index is 12.6. The first-order valence-electron chi connectivity index (χ1n) is 18.6. The second-order valence-corrected chi connectivity index (χ2v) is 13.6. The van der Waals surface area contributed by atoms with E-state index in [1.165, 1.54) is 101 Å². The van der Waals surface area contributed by atoms with Crippen LogP contribution in [0.4, 0.5) is 51.8 Å². The van der Waals surface area contributed by atoms with Gasteiger partial charge in [-0.3, -0.25) is 43.5 Å². The molecular weight excluding hydrogens is 807 g/mol. The van der Waals surface area contributed by atoms with Crippen molar-refractivity contribution >= 4 is 87.3 Å². The molecule has 0 bridgehead atoms. The number of nitrogens with zero attached hydrogens (tertiary/aromatic N) is 7. The summed E-state index contributed by atoms with van der Waals surface area (Å²) < 4.78 is 0. The van der Waals surface area contributed by atoms with Crippen molar-refractivity contribution in [3.8, 4) is 0 Å². The number of carbonyl (C=O) groups excluding carboxylic acids is 6. The highest BCUT2D eigenvalue weighted by Crippen LogP contribution is 2.43. The monoisotopic (exact) mass is 841 g/mol. The molecule has 12 N–H and O–H groups in total. The number of nitrogens with two attached hydrogens (primary N) is 6. The van der Waals surface area contributed by atoms with Crippen molar-refractivity contribution in [2.45, 2.75) is 0 Å². The number of rotatable bonds is 15. The van der Waals surface area contributed by atoms with Gasteiger partial charge in [-0.15, -0.1) is 0 Å². The highest BCUT2D eigenvalue weighted by Gasteiger charge is 2.27. The number of aromatic nitrogens is 4. The van der Waals surface area contributed by atoms with Crippen LogP contribution in [0.15, 0.2) is 140 Å². The lowest BCUT2D eigenvalue weighted by Gasteiger charge is -2.31. The quantitative estimate of drug-likeness (QED) is 0.0841. The summed E-state index contributed by atoms with van der Waals surface area (Å²) in [6.45, 7) is 0. The van der Waals surface area contributed by atoms with Gasteiger partial charge in [-0.1, -0.05) is 18.2 Å². The molecule has 0 aliphatic heterocycles. The summed E-state index contributed by atoms with van der Waals surface area (Å²) in [5, 5.41) is 0. The topological polar surface area (TPSA) is 320 Å². The minimum atomic E-state index is -0.770. The lowest BCUT2D eigenvalue weighted by molar-refractivity contribution is 0.0991. The van der Waals surface area contributed by atoms with Crippen LogP contribution in [-0.4, -0.2) is 55.4 Å². The third-order valence-corrected chi connectivity index (χ3v) is 9.44. The van der Waals surface area contributed by atoms with E-state index in [9.17, 15) is 28.8 Å². The van der Waals surface area contributed by atoms with Gasteiger partial charge in [0.2, 0.25) is 35.4 Å². The number of carbonyl (C=O) groups is 6. The van der Waals surface area contributed by atoms with Gasteiger partial charge in [0.25, 0.3) is 0 Å². The zero-order valence-corrected chi connectivity index (χ0v) is 32.8. The number of amides is 6. The van der Waals surface area contributed by atoms with E-state index in [0.717, 1.165) is 0 Å². The lowest BCUT2D eigenvalue weighted by Crippen LogP contribution is -2.22. The van der Waals surface area contributed by atoms with Crippen LogP contribution in [0, 0.1) is 0 Å². The summed E-state index contributed by atoms with van der Waals surface area (Å²) in [5.74, 6) is -4.14.